The summed E-state index contributed by atoms with van der Waals surface area (Å²) in [6.07, 6.45) is 0. The van der Waals surface area contributed by atoms with Gasteiger partial charge < -0.3 is 26.6 Å². The second-order valence-corrected chi connectivity index (χ2v) is 8.42. The monoisotopic (exact) mass is 378 g/mol. The van der Waals surface area contributed by atoms with Gasteiger partial charge in [-0.25, -0.2) is 0 Å². The van der Waals surface area contributed by atoms with E-state index in [2.05, 4.69) is 11.1 Å². The first-order valence-electron chi connectivity index (χ1n) is 7.95. The van der Waals surface area contributed by atoms with Crippen molar-refractivity contribution in [3.8, 4) is 11.1 Å². The highest BCUT2D eigenvalue weighted by molar-refractivity contribution is 6.75. The highest BCUT2D eigenvalue weighted by Gasteiger charge is 2.44. The Kier molecular flexibility index (Phi) is 15.7. The standard InChI is InChI=1S/C14H30O6Si2.Si/c1-7-15-21(16-8-2,17-9-3)13-14-22(18-10-4,19-11-5)20-12-6;/h7-12H2,1-6H3;. The zero-order valence-corrected chi connectivity index (χ0v) is 18.2. The number of hydrogen-bond donors (Lipinski definition) is 0. The summed E-state index contributed by atoms with van der Waals surface area (Å²) in [6, 6.07) is 0. The lowest BCUT2D eigenvalue weighted by Crippen LogP contribution is -2.49. The predicted octanol–water partition coefficient (Wildman–Crippen LogP) is 1.78. The van der Waals surface area contributed by atoms with Gasteiger partial charge in [-0.3, -0.25) is 0 Å². The third kappa shape index (κ3) is 9.14. The Balaban J connectivity index is 0. The molecule has 0 amide bonds. The van der Waals surface area contributed by atoms with E-state index >= 15 is 0 Å². The highest BCUT2D eigenvalue weighted by Crippen LogP contribution is 2.13. The maximum Gasteiger partial charge on any atom is 0.591 e. The van der Waals surface area contributed by atoms with E-state index in [9.17, 15) is 0 Å². The fourth-order valence-electron chi connectivity index (χ4n) is 1.76. The molecule has 0 aliphatic rings. The molecule has 0 saturated heterocycles. The van der Waals surface area contributed by atoms with Crippen LogP contribution in [0.1, 0.15) is 41.5 Å². The van der Waals surface area contributed by atoms with E-state index in [4.69, 9.17) is 26.6 Å². The lowest BCUT2D eigenvalue weighted by molar-refractivity contribution is 0.0832. The maximum atomic E-state index is 5.72. The van der Waals surface area contributed by atoms with Crippen LogP contribution in [-0.4, -0.2) is 68.2 Å². The average Bonchev–Trinajstić information content (AvgIpc) is 2.47. The molecule has 0 unspecified atom stereocenters. The molecule has 0 aromatic rings. The minimum absolute atomic E-state index is 0. The minimum atomic E-state index is -3.06. The van der Waals surface area contributed by atoms with Gasteiger partial charge in [0.1, 0.15) is 0 Å². The molecule has 0 aliphatic heterocycles. The Hall–Kier alpha value is -0.0294. The molecule has 0 aromatic heterocycles. The fraction of sp³-hybridized carbons (Fsp3) is 0.857. The van der Waals surface area contributed by atoms with Gasteiger partial charge in [-0.1, -0.05) is 0 Å². The van der Waals surface area contributed by atoms with E-state index in [1.54, 1.807) is 0 Å². The van der Waals surface area contributed by atoms with Crippen molar-refractivity contribution in [2.75, 3.05) is 39.6 Å². The van der Waals surface area contributed by atoms with Gasteiger partial charge in [0.05, 0.1) is 0 Å². The van der Waals surface area contributed by atoms with Crippen LogP contribution in [-0.2, 0) is 26.6 Å². The van der Waals surface area contributed by atoms with Gasteiger partial charge in [-0.05, 0) is 52.6 Å². The Morgan fingerprint density at radius 1 is 0.478 bits per heavy atom. The van der Waals surface area contributed by atoms with Gasteiger partial charge in [0.2, 0.25) is 0 Å². The molecule has 9 heteroatoms. The van der Waals surface area contributed by atoms with Crippen molar-refractivity contribution in [3.63, 3.8) is 0 Å². The molecule has 0 atom stereocenters. The van der Waals surface area contributed by atoms with Crippen molar-refractivity contribution >= 4 is 28.6 Å². The first-order chi connectivity index (χ1) is 10.6. The second kappa shape index (κ2) is 14.3. The first kappa shape index (κ1) is 25.2. The molecular formula is C14H30O6Si3. The van der Waals surface area contributed by atoms with Crippen LogP contribution in [0.5, 0.6) is 0 Å². The van der Waals surface area contributed by atoms with Gasteiger partial charge in [0.25, 0.3) is 0 Å². The summed E-state index contributed by atoms with van der Waals surface area (Å²) in [7, 11) is -6.12. The molecule has 23 heavy (non-hydrogen) atoms. The predicted molar refractivity (Wildman–Crippen MR) is 94.8 cm³/mol. The van der Waals surface area contributed by atoms with Crippen molar-refractivity contribution in [3.05, 3.63) is 0 Å². The Labute approximate surface area is 147 Å². The Bertz CT molecular complexity index is 281. The molecule has 0 heterocycles. The molecule has 0 spiro atoms. The first-order valence-corrected chi connectivity index (χ1v) is 11.4. The van der Waals surface area contributed by atoms with Crippen molar-refractivity contribution < 1.29 is 26.6 Å². The largest absolute Gasteiger partial charge is 0.591 e. The van der Waals surface area contributed by atoms with Crippen molar-refractivity contribution in [1.82, 2.24) is 0 Å². The van der Waals surface area contributed by atoms with E-state index in [1.165, 1.54) is 0 Å². The van der Waals surface area contributed by atoms with Crippen LogP contribution in [0.2, 0.25) is 0 Å². The summed E-state index contributed by atoms with van der Waals surface area (Å²) >= 11 is 0. The van der Waals surface area contributed by atoms with E-state index in [1.807, 2.05) is 41.5 Å². The van der Waals surface area contributed by atoms with Crippen molar-refractivity contribution in [2.45, 2.75) is 41.5 Å². The van der Waals surface area contributed by atoms with Crippen LogP contribution in [0.25, 0.3) is 0 Å². The summed E-state index contributed by atoms with van der Waals surface area (Å²) in [5, 5.41) is 0. The fourth-order valence-corrected chi connectivity index (χ4v) is 6.20. The molecule has 4 radical (unpaired) electrons. The smallest absolute Gasteiger partial charge is 0.364 e. The summed E-state index contributed by atoms with van der Waals surface area (Å²) in [4.78, 5) is 0. The zero-order chi connectivity index (χ0) is 16.9. The van der Waals surface area contributed by atoms with Crippen LogP contribution in [0, 0.1) is 11.1 Å². The normalized spacial score (nSPS) is 11.6. The van der Waals surface area contributed by atoms with Crippen LogP contribution < -0.4 is 0 Å². The number of hydrogen-bond acceptors (Lipinski definition) is 6. The van der Waals surface area contributed by atoms with Crippen LogP contribution >= 0.6 is 0 Å². The molecule has 0 aliphatic carbocycles. The Morgan fingerprint density at radius 3 is 0.783 bits per heavy atom. The third-order valence-corrected chi connectivity index (χ3v) is 7.50. The van der Waals surface area contributed by atoms with E-state index in [0.717, 1.165) is 0 Å². The quantitative estimate of drug-likeness (QED) is 0.381. The summed E-state index contributed by atoms with van der Waals surface area (Å²) in [5.74, 6) is 0. The molecule has 134 valence electrons. The van der Waals surface area contributed by atoms with E-state index in [0.29, 0.717) is 39.6 Å². The highest BCUT2D eigenvalue weighted by atomic mass is 28.4. The van der Waals surface area contributed by atoms with E-state index < -0.39 is 17.6 Å². The van der Waals surface area contributed by atoms with Crippen LogP contribution in [0.3, 0.4) is 0 Å². The summed E-state index contributed by atoms with van der Waals surface area (Å²) < 4.78 is 34.3. The topological polar surface area (TPSA) is 55.4 Å². The molecular weight excluding hydrogens is 348 g/mol. The lowest BCUT2D eigenvalue weighted by atomic mass is 10.9. The van der Waals surface area contributed by atoms with Gasteiger partial charge >= 0.3 is 17.6 Å². The second-order valence-electron chi connectivity index (χ2n) is 3.96. The van der Waals surface area contributed by atoms with Gasteiger partial charge in [0.15, 0.2) is 0 Å². The van der Waals surface area contributed by atoms with Gasteiger partial charge in [0, 0.05) is 50.6 Å². The molecule has 0 rings (SSSR count). The van der Waals surface area contributed by atoms with Crippen LogP contribution in [0.15, 0.2) is 0 Å². The number of rotatable bonds is 12. The van der Waals surface area contributed by atoms with E-state index in [-0.39, 0.29) is 11.0 Å². The molecule has 0 aromatic carbocycles. The minimum Gasteiger partial charge on any atom is -0.364 e. The summed E-state index contributed by atoms with van der Waals surface area (Å²) in [6.45, 7) is 14.1. The molecule has 0 saturated carbocycles. The Morgan fingerprint density at radius 2 is 0.652 bits per heavy atom. The zero-order valence-electron chi connectivity index (χ0n) is 15.2. The lowest BCUT2D eigenvalue weighted by Gasteiger charge is -2.25. The molecule has 0 bridgehead atoms. The van der Waals surface area contributed by atoms with Gasteiger partial charge in [-0.15, -0.1) is 0 Å². The van der Waals surface area contributed by atoms with Crippen molar-refractivity contribution in [1.29, 1.82) is 0 Å². The molecule has 0 N–H and O–H groups in total. The molecule has 6 nitrogen and oxygen atoms in total. The average molecular weight is 379 g/mol. The summed E-state index contributed by atoms with van der Waals surface area (Å²) in [5.41, 5.74) is 6.08. The van der Waals surface area contributed by atoms with Gasteiger partial charge in [-0.2, -0.15) is 0 Å². The third-order valence-electron chi connectivity index (χ3n) is 2.37. The van der Waals surface area contributed by atoms with Crippen LogP contribution in [0.4, 0.5) is 0 Å². The SMILES string of the molecule is CCO[Si](C#C[Si](OCC)(OCC)OCC)(OCC)OCC.[Si]. The van der Waals surface area contributed by atoms with Crippen molar-refractivity contribution in [2.24, 2.45) is 0 Å². The molecule has 0 fully saturated rings. The maximum absolute atomic E-state index is 5.72.